The Kier molecular flexibility index (Phi) is 9.09. The van der Waals surface area contributed by atoms with Crippen LogP contribution in [-0.2, 0) is 11.2 Å². The minimum absolute atomic E-state index is 0. The molecule has 2 atom stereocenters. The van der Waals surface area contributed by atoms with Gasteiger partial charge >= 0.3 is 0 Å². The molecular weight excluding hydrogens is 323 g/mol. The highest BCUT2D eigenvalue weighted by atomic mass is 35.5. The third-order valence-corrected chi connectivity index (χ3v) is 3.53. The fraction of sp³-hybridized carbons (Fsp3) is 0.467. The second-order valence-electron chi connectivity index (χ2n) is 5.24. The Bertz CT molecular complexity index is 553. The van der Waals surface area contributed by atoms with Gasteiger partial charge in [-0.3, -0.25) is 4.79 Å². The highest BCUT2D eigenvalue weighted by molar-refractivity contribution is 5.85. The van der Waals surface area contributed by atoms with E-state index in [0.717, 1.165) is 29.7 Å². The van der Waals surface area contributed by atoms with Crippen LogP contribution in [0.25, 0.3) is 11.0 Å². The number of para-hydroxylation sites is 2. The molecule has 22 heavy (non-hydrogen) atoms. The van der Waals surface area contributed by atoms with Crippen LogP contribution in [0.3, 0.4) is 0 Å². The number of nitrogens with two attached hydrogens (primary N) is 1. The van der Waals surface area contributed by atoms with Gasteiger partial charge in [0.05, 0.1) is 11.0 Å². The fourth-order valence-corrected chi connectivity index (χ4v) is 1.99. The molecule has 2 rings (SSSR count). The van der Waals surface area contributed by atoms with Crippen molar-refractivity contribution in [2.24, 2.45) is 11.7 Å². The number of H-pyrrole nitrogens is 1. The highest BCUT2D eigenvalue weighted by Crippen LogP contribution is 2.11. The van der Waals surface area contributed by atoms with Gasteiger partial charge in [0.15, 0.2) is 0 Å². The predicted molar refractivity (Wildman–Crippen MR) is 94.7 cm³/mol. The van der Waals surface area contributed by atoms with Crippen molar-refractivity contribution in [3.63, 3.8) is 0 Å². The van der Waals surface area contributed by atoms with Gasteiger partial charge in [-0.05, 0) is 25.5 Å². The molecule has 0 fully saturated rings. The minimum Gasteiger partial charge on any atom is -0.356 e. The van der Waals surface area contributed by atoms with Gasteiger partial charge < -0.3 is 16.0 Å². The van der Waals surface area contributed by atoms with Crippen LogP contribution in [-0.4, -0.2) is 28.5 Å². The fourth-order valence-electron chi connectivity index (χ4n) is 1.99. The van der Waals surface area contributed by atoms with Crippen LogP contribution in [0.5, 0.6) is 0 Å². The molecule has 0 bridgehead atoms. The molecule has 0 aliphatic carbocycles. The molecule has 124 valence electrons. The van der Waals surface area contributed by atoms with Gasteiger partial charge in [-0.15, -0.1) is 24.8 Å². The standard InChI is InChI=1S/C15H22N4O.2ClH/c1-10(11(2)16)15(20)17-9-5-8-14-18-12-6-3-4-7-13(12)19-14;;/h3-4,6-7,10-11H,5,8-9,16H2,1-2H3,(H,17,20)(H,18,19);2*1H. The van der Waals surface area contributed by atoms with Crippen molar-refractivity contribution in [1.82, 2.24) is 15.3 Å². The van der Waals surface area contributed by atoms with E-state index in [1.54, 1.807) is 0 Å². The first-order valence-corrected chi connectivity index (χ1v) is 7.05. The van der Waals surface area contributed by atoms with Crippen LogP contribution in [0.15, 0.2) is 24.3 Å². The van der Waals surface area contributed by atoms with Crippen molar-refractivity contribution in [2.45, 2.75) is 32.7 Å². The second-order valence-corrected chi connectivity index (χ2v) is 5.24. The number of aromatic nitrogens is 2. The van der Waals surface area contributed by atoms with E-state index in [1.807, 2.05) is 38.1 Å². The summed E-state index contributed by atoms with van der Waals surface area (Å²) in [7, 11) is 0. The summed E-state index contributed by atoms with van der Waals surface area (Å²) in [5.41, 5.74) is 7.74. The Labute approximate surface area is 143 Å². The van der Waals surface area contributed by atoms with Crippen LogP contribution in [0, 0.1) is 5.92 Å². The summed E-state index contributed by atoms with van der Waals surface area (Å²) in [6, 6.07) is 7.84. The number of benzene rings is 1. The molecule has 0 aliphatic heterocycles. The van der Waals surface area contributed by atoms with E-state index in [-0.39, 0.29) is 42.7 Å². The number of nitrogens with zero attached hydrogens (tertiary/aromatic N) is 1. The zero-order valence-electron chi connectivity index (χ0n) is 12.8. The summed E-state index contributed by atoms with van der Waals surface area (Å²) in [4.78, 5) is 19.5. The Balaban J connectivity index is 0.00000220. The number of halogens is 2. The first-order valence-electron chi connectivity index (χ1n) is 7.05. The molecule has 7 heteroatoms. The number of carbonyl (C=O) groups excluding carboxylic acids is 1. The quantitative estimate of drug-likeness (QED) is 0.702. The van der Waals surface area contributed by atoms with E-state index in [1.165, 1.54) is 0 Å². The first kappa shape index (κ1) is 20.7. The lowest BCUT2D eigenvalue weighted by molar-refractivity contribution is -0.124. The van der Waals surface area contributed by atoms with E-state index in [0.29, 0.717) is 6.54 Å². The molecule has 1 amide bonds. The monoisotopic (exact) mass is 346 g/mol. The number of nitrogens with one attached hydrogen (secondary N) is 2. The van der Waals surface area contributed by atoms with Gasteiger partial charge in [-0.1, -0.05) is 19.1 Å². The van der Waals surface area contributed by atoms with Crippen LogP contribution in [0.4, 0.5) is 0 Å². The van der Waals surface area contributed by atoms with Crippen molar-refractivity contribution < 1.29 is 4.79 Å². The SMILES string of the molecule is CC(N)C(C)C(=O)NCCCc1nc2ccccc2[nH]1.Cl.Cl. The molecule has 0 saturated heterocycles. The molecule has 2 unspecified atom stereocenters. The number of aryl methyl sites for hydroxylation is 1. The Morgan fingerprint density at radius 2 is 2.00 bits per heavy atom. The van der Waals surface area contributed by atoms with Crippen LogP contribution < -0.4 is 11.1 Å². The van der Waals surface area contributed by atoms with Gasteiger partial charge in [0.25, 0.3) is 0 Å². The highest BCUT2D eigenvalue weighted by Gasteiger charge is 2.16. The normalized spacial score (nSPS) is 12.9. The number of rotatable bonds is 6. The molecule has 1 aromatic carbocycles. The zero-order valence-corrected chi connectivity index (χ0v) is 14.5. The second kappa shape index (κ2) is 9.66. The summed E-state index contributed by atoms with van der Waals surface area (Å²) in [5.74, 6) is 0.825. The third-order valence-electron chi connectivity index (χ3n) is 3.53. The van der Waals surface area contributed by atoms with Crippen molar-refractivity contribution >= 4 is 41.8 Å². The maximum atomic E-state index is 11.7. The van der Waals surface area contributed by atoms with Crippen LogP contribution >= 0.6 is 24.8 Å². The summed E-state index contributed by atoms with van der Waals surface area (Å²) in [6.45, 7) is 4.34. The number of hydrogen-bond donors (Lipinski definition) is 3. The van der Waals surface area contributed by atoms with Gasteiger partial charge in [-0.2, -0.15) is 0 Å². The van der Waals surface area contributed by atoms with Crippen molar-refractivity contribution in [3.8, 4) is 0 Å². The maximum absolute atomic E-state index is 11.7. The largest absolute Gasteiger partial charge is 0.356 e. The molecule has 0 spiro atoms. The first-order chi connectivity index (χ1) is 9.58. The van der Waals surface area contributed by atoms with Gasteiger partial charge in [-0.25, -0.2) is 4.98 Å². The molecule has 2 aromatic rings. The molecule has 4 N–H and O–H groups in total. The predicted octanol–water partition coefficient (Wildman–Crippen LogP) is 2.44. The Morgan fingerprint density at radius 3 is 2.64 bits per heavy atom. The van der Waals surface area contributed by atoms with Crippen molar-refractivity contribution in [3.05, 3.63) is 30.1 Å². The summed E-state index contributed by atoms with van der Waals surface area (Å²) < 4.78 is 0. The van der Waals surface area contributed by atoms with Gasteiger partial charge in [0.1, 0.15) is 5.82 Å². The third kappa shape index (κ3) is 5.48. The van der Waals surface area contributed by atoms with E-state index in [2.05, 4.69) is 15.3 Å². The van der Waals surface area contributed by atoms with Crippen molar-refractivity contribution in [2.75, 3.05) is 6.54 Å². The topological polar surface area (TPSA) is 83.8 Å². The number of aromatic amines is 1. The van der Waals surface area contributed by atoms with Crippen LogP contribution in [0.2, 0.25) is 0 Å². The Morgan fingerprint density at radius 1 is 1.32 bits per heavy atom. The van der Waals surface area contributed by atoms with Gasteiger partial charge in [0, 0.05) is 24.9 Å². The average molecular weight is 347 g/mol. The average Bonchev–Trinajstić information content (AvgIpc) is 2.85. The van der Waals surface area contributed by atoms with E-state index in [4.69, 9.17) is 5.73 Å². The molecule has 0 saturated carbocycles. The lowest BCUT2D eigenvalue weighted by Gasteiger charge is -2.14. The van der Waals surface area contributed by atoms with Crippen molar-refractivity contribution in [1.29, 1.82) is 0 Å². The lowest BCUT2D eigenvalue weighted by Crippen LogP contribution is -2.39. The van der Waals surface area contributed by atoms with Gasteiger partial charge in [0.2, 0.25) is 5.91 Å². The minimum atomic E-state index is -0.152. The summed E-state index contributed by atoms with van der Waals surface area (Å²) >= 11 is 0. The summed E-state index contributed by atoms with van der Waals surface area (Å²) in [6.07, 6.45) is 1.68. The maximum Gasteiger partial charge on any atom is 0.224 e. The summed E-state index contributed by atoms with van der Waals surface area (Å²) in [5, 5.41) is 2.91. The van der Waals surface area contributed by atoms with E-state index >= 15 is 0 Å². The number of imidazole rings is 1. The Hall–Kier alpha value is -1.30. The van der Waals surface area contributed by atoms with E-state index in [9.17, 15) is 4.79 Å². The molecule has 0 aliphatic rings. The number of fused-ring (bicyclic) bond motifs is 1. The number of hydrogen-bond acceptors (Lipinski definition) is 3. The molecule has 1 aromatic heterocycles. The van der Waals surface area contributed by atoms with Crippen LogP contribution in [0.1, 0.15) is 26.1 Å². The molecule has 0 radical (unpaired) electrons. The molecule has 1 heterocycles. The lowest BCUT2D eigenvalue weighted by atomic mass is 10.0. The number of carbonyl (C=O) groups is 1. The molecule has 5 nitrogen and oxygen atoms in total. The van der Waals surface area contributed by atoms with E-state index < -0.39 is 0 Å². The smallest absolute Gasteiger partial charge is 0.224 e. The zero-order chi connectivity index (χ0) is 14.5. The number of amides is 1. The molecular formula is C15H24Cl2N4O.